The molecule has 0 heterocycles. The molecule has 0 radical (unpaired) electrons. The second kappa shape index (κ2) is 12.9. The fourth-order valence-corrected chi connectivity index (χ4v) is 4.70. The molecule has 35 heavy (non-hydrogen) atoms. The van der Waals surface area contributed by atoms with Crippen LogP contribution in [0.25, 0.3) is 0 Å². The SMILES string of the molecule is CC[C@@H](C)NC(=O)[C@@H](C)N(Cc1ccc(Cl)cc1)C(=O)CCCN(c1cccc(C)c1)S(C)(=O)=O. The average molecular weight is 522 g/mol. The van der Waals surface area contributed by atoms with Crippen molar-refractivity contribution >= 4 is 39.1 Å². The molecule has 2 aromatic rings. The molecule has 2 amide bonds. The molecule has 0 fully saturated rings. The van der Waals surface area contributed by atoms with Crippen LogP contribution in [0, 0.1) is 6.92 Å². The van der Waals surface area contributed by atoms with Crippen molar-refractivity contribution in [1.29, 1.82) is 0 Å². The third kappa shape index (κ3) is 8.85. The Hall–Kier alpha value is -2.58. The van der Waals surface area contributed by atoms with E-state index in [-0.39, 0.29) is 37.4 Å². The molecule has 0 aromatic heterocycles. The van der Waals surface area contributed by atoms with E-state index in [4.69, 9.17) is 11.6 Å². The lowest BCUT2D eigenvalue weighted by Crippen LogP contribution is -2.49. The third-order valence-corrected chi connectivity index (χ3v) is 7.32. The van der Waals surface area contributed by atoms with Crippen molar-refractivity contribution in [3.63, 3.8) is 0 Å². The average Bonchev–Trinajstić information content (AvgIpc) is 2.79. The molecule has 9 heteroatoms. The van der Waals surface area contributed by atoms with Crippen molar-refractivity contribution in [3.05, 3.63) is 64.7 Å². The van der Waals surface area contributed by atoms with Gasteiger partial charge in [0.05, 0.1) is 11.9 Å². The van der Waals surface area contributed by atoms with E-state index in [1.165, 1.54) is 4.31 Å². The summed E-state index contributed by atoms with van der Waals surface area (Å²) < 4.78 is 26.1. The minimum atomic E-state index is -3.52. The first-order valence-corrected chi connectivity index (χ1v) is 14.0. The van der Waals surface area contributed by atoms with Gasteiger partial charge in [-0.25, -0.2) is 8.42 Å². The van der Waals surface area contributed by atoms with Crippen LogP contribution in [0.5, 0.6) is 0 Å². The van der Waals surface area contributed by atoms with Crippen molar-refractivity contribution in [2.75, 3.05) is 17.1 Å². The summed E-state index contributed by atoms with van der Waals surface area (Å²) in [6, 6.07) is 13.7. The topological polar surface area (TPSA) is 86.8 Å². The van der Waals surface area contributed by atoms with Crippen molar-refractivity contribution in [2.45, 2.75) is 65.6 Å². The Morgan fingerprint density at radius 2 is 1.74 bits per heavy atom. The standard InChI is InChI=1S/C26H36ClN3O4S/c1-6-20(3)28-26(32)21(4)29(18-22-12-14-23(27)15-13-22)25(31)11-8-16-30(35(5,33)34)24-10-7-9-19(2)17-24/h7,9-10,12-15,17,20-21H,6,8,11,16,18H2,1-5H3,(H,28,32)/t20-,21-/m1/s1. The van der Waals surface area contributed by atoms with Crippen molar-refractivity contribution in [1.82, 2.24) is 10.2 Å². The minimum absolute atomic E-state index is 0.00455. The van der Waals surface area contributed by atoms with Gasteiger partial charge in [0.25, 0.3) is 0 Å². The van der Waals surface area contributed by atoms with E-state index in [2.05, 4.69) is 5.32 Å². The van der Waals surface area contributed by atoms with Gasteiger partial charge in [-0.15, -0.1) is 0 Å². The first-order valence-electron chi connectivity index (χ1n) is 11.8. The monoisotopic (exact) mass is 521 g/mol. The van der Waals surface area contributed by atoms with Crippen molar-refractivity contribution in [2.24, 2.45) is 0 Å². The van der Waals surface area contributed by atoms with Crippen LogP contribution < -0.4 is 9.62 Å². The first kappa shape index (κ1) is 28.7. The predicted molar refractivity (Wildman–Crippen MR) is 142 cm³/mol. The van der Waals surface area contributed by atoms with E-state index in [0.717, 1.165) is 23.8 Å². The van der Waals surface area contributed by atoms with Crippen LogP contribution in [0.1, 0.15) is 51.2 Å². The fourth-order valence-electron chi connectivity index (χ4n) is 3.62. The molecule has 0 aliphatic rings. The number of rotatable bonds is 12. The Morgan fingerprint density at radius 3 is 2.31 bits per heavy atom. The molecule has 0 bridgehead atoms. The van der Waals surface area contributed by atoms with Gasteiger partial charge in [0, 0.05) is 30.6 Å². The summed E-state index contributed by atoms with van der Waals surface area (Å²) in [7, 11) is -3.52. The van der Waals surface area contributed by atoms with Crippen LogP contribution in [0.15, 0.2) is 48.5 Å². The highest BCUT2D eigenvalue weighted by Gasteiger charge is 2.27. The quantitative estimate of drug-likeness (QED) is 0.444. The molecule has 192 valence electrons. The van der Waals surface area contributed by atoms with Gasteiger partial charge in [-0.2, -0.15) is 0 Å². The largest absolute Gasteiger partial charge is 0.352 e. The third-order valence-electron chi connectivity index (χ3n) is 5.88. The Labute approximate surface area is 214 Å². The molecule has 2 aromatic carbocycles. The zero-order valence-electron chi connectivity index (χ0n) is 21.1. The van der Waals surface area contributed by atoms with Gasteiger partial charge >= 0.3 is 0 Å². The van der Waals surface area contributed by atoms with Gasteiger partial charge in [0.2, 0.25) is 21.8 Å². The number of aryl methyl sites for hydroxylation is 1. The Morgan fingerprint density at radius 1 is 1.09 bits per heavy atom. The number of carbonyl (C=O) groups excluding carboxylic acids is 2. The fraction of sp³-hybridized carbons (Fsp3) is 0.462. The van der Waals surface area contributed by atoms with Gasteiger partial charge in [-0.05, 0) is 69.0 Å². The van der Waals surface area contributed by atoms with Crippen LogP contribution in [0.4, 0.5) is 5.69 Å². The van der Waals surface area contributed by atoms with E-state index in [1.807, 2.05) is 39.0 Å². The molecule has 0 spiro atoms. The smallest absolute Gasteiger partial charge is 0.242 e. The van der Waals surface area contributed by atoms with Crippen molar-refractivity contribution in [3.8, 4) is 0 Å². The summed E-state index contributed by atoms with van der Waals surface area (Å²) in [4.78, 5) is 27.6. The maximum Gasteiger partial charge on any atom is 0.242 e. The number of halogens is 1. The van der Waals surface area contributed by atoms with E-state index in [1.54, 1.807) is 42.2 Å². The maximum absolute atomic E-state index is 13.3. The summed E-state index contributed by atoms with van der Waals surface area (Å²) in [5, 5.41) is 3.53. The highest BCUT2D eigenvalue weighted by atomic mass is 35.5. The summed E-state index contributed by atoms with van der Waals surface area (Å²) >= 11 is 5.99. The lowest BCUT2D eigenvalue weighted by Gasteiger charge is -2.30. The minimum Gasteiger partial charge on any atom is -0.352 e. The molecule has 0 unspecified atom stereocenters. The molecule has 7 nitrogen and oxygen atoms in total. The Balaban J connectivity index is 2.16. The van der Waals surface area contributed by atoms with E-state index >= 15 is 0 Å². The maximum atomic E-state index is 13.3. The normalized spacial score (nSPS) is 13.1. The van der Waals surface area contributed by atoms with Gasteiger partial charge in [0.1, 0.15) is 6.04 Å². The number of amides is 2. The highest BCUT2D eigenvalue weighted by molar-refractivity contribution is 7.92. The number of nitrogens with zero attached hydrogens (tertiary/aromatic N) is 2. The summed E-state index contributed by atoms with van der Waals surface area (Å²) in [5.41, 5.74) is 2.37. The summed E-state index contributed by atoms with van der Waals surface area (Å²) in [5.74, 6) is -0.441. The van der Waals surface area contributed by atoms with E-state index in [9.17, 15) is 18.0 Å². The number of hydrogen-bond donors (Lipinski definition) is 1. The van der Waals surface area contributed by atoms with Crippen LogP contribution in [0.2, 0.25) is 5.02 Å². The Kier molecular flexibility index (Phi) is 10.6. The summed E-state index contributed by atoms with van der Waals surface area (Å²) in [6.07, 6.45) is 2.36. The second-order valence-electron chi connectivity index (χ2n) is 8.92. The van der Waals surface area contributed by atoms with Gasteiger partial charge in [-0.3, -0.25) is 13.9 Å². The zero-order chi connectivity index (χ0) is 26.2. The molecule has 0 aliphatic heterocycles. The van der Waals surface area contributed by atoms with Gasteiger partial charge in [0.15, 0.2) is 0 Å². The number of carbonyl (C=O) groups is 2. The molecule has 2 rings (SSSR count). The number of nitrogens with one attached hydrogen (secondary N) is 1. The number of anilines is 1. The number of sulfonamides is 1. The number of benzene rings is 2. The first-order chi connectivity index (χ1) is 16.4. The van der Waals surface area contributed by atoms with Gasteiger partial charge in [-0.1, -0.05) is 42.8 Å². The Bertz CT molecular complexity index is 1110. The molecule has 2 atom stereocenters. The molecule has 0 saturated heterocycles. The zero-order valence-corrected chi connectivity index (χ0v) is 22.7. The number of hydrogen-bond acceptors (Lipinski definition) is 4. The lowest BCUT2D eigenvalue weighted by molar-refractivity contribution is -0.140. The van der Waals surface area contributed by atoms with Crippen molar-refractivity contribution < 1.29 is 18.0 Å². The molecular weight excluding hydrogens is 486 g/mol. The van der Waals surface area contributed by atoms with Crippen LogP contribution in [-0.4, -0.2) is 50.0 Å². The van der Waals surface area contributed by atoms with E-state index in [0.29, 0.717) is 17.1 Å². The van der Waals surface area contributed by atoms with Crippen LogP contribution in [0.3, 0.4) is 0 Å². The van der Waals surface area contributed by atoms with E-state index < -0.39 is 16.1 Å². The highest BCUT2D eigenvalue weighted by Crippen LogP contribution is 2.20. The molecule has 1 N–H and O–H groups in total. The molecular formula is C26H36ClN3O4S. The second-order valence-corrected chi connectivity index (χ2v) is 11.3. The summed E-state index contributed by atoms with van der Waals surface area (Å²) in [6.45, 7) is 7.92. The lowest BCUT2D eigenvalue weighted by atomic mass is 10.1. The van der Waals surface area contributed by atoms with Crippen LogP contribution in [-0.2, 0) is 26.2 Å². The van der Waals surface area contributed by atoms with Gasteiger partial charge < -0.3 is 10.2 Å². The predicted octanol–water partition coefficient (Wildman–Crippen LogP) is 4.53. The molecule has 0 saturated carbocycles. The molecule has 0 aliphatic carbocycles. The van der Waals surface area contributed by atoms with Crippen LogP contribution >= 0.6 is 11.6 Å².